The van der Waals surface area contributed by atoms with Gasteiger partial charge in [-0.25, -0.2) is 23.1 Å². The Kier molecular flexibility index (Phi) is 4.46. The van der Waals surface area contributed by atoms with Crippen molar-refractivity contribution in [3.05, 3.63) is 38.8 Å². The van der Waals surface area contributed by atoms with Crippen LogP contribution in [-0.2, 0) is 6.42 Å². The summed E-state index contributed by atoms with van der Waals surface area (Å²) in [5.41, 5.74) is 6.54. The summed E-state index contributed by atoms with van der Waals surface area (Å²) in [6, 6.07) is 1.71. The van der Waals surface area contributed by atoms with Crippen LogP contribution in [0.15, 0.2) is 12.1 Å². The van der Waals surface area contributed by atoms with Crippen molar-refractivity contribution in [3.63, 3.8) is 0 Å². The second kappa shape index (κ2) is 5.94. The van der Waals surface area contributed by atoms with E-state index in [1.165, 1.54) is 0 Å². The molecule has 2 N–H and O–H groups in total. The zero-order chi connectivity index (χ0) is 14.9. The van der Waals surface area contributed by atoms with Crippen molar-refractivity contribution in [2.45, 2.75) is 19.8 Å². The van der Waals surface area contributed by atoms with E-state index >= 15 is 0 Å². The van der Waals surface area contributed by atoms with Crippen molar-refractivity contribution in [2.75, 3.05) is 5.73 Å². The fourth-order valence-electron chi connectivity index (χ4n) is 1.73. The van der Waals surface area contributed by atoms with Gasteiger partial charge in [-0.15, -0.1) is 0 Å². The molecule has 0 radical (unpaired) electrons. The van der Waals surface area contributed by atoms with Crippen LogP contribution in [0.1, 0.15) is 19.0 Å². The molecule has 0 spiro atoms. The lowest BCUT2D eigenvalue weighted by Crippen LogP contribution is -2.05. The first-order valence-corrected chi connectivity index (χ1v) is 6.98. The van der Waals surface area contributed by atoms with E-state index in [0.717, 1.165) is 22.1 Å². The number of hydrogen-bond acceptors (Lipinski definition) is 3. The Hall–Kier alpha value is -1.38. The second-order valence-electron chi connectivity index (χ2n) is 4.20. The van der Waals surface area contributed by atoms with Gasteiger partial charge < -0.3 is 5.73 Å². The van der Waals surface area contributed by atoms with Gasteiger partial charge in [0.05, 0.1) is 9.26 Å². The Morgan fingerprint density at radius 1 is 1.15 bits per heavy atom. The molecular weight excluding hydrogens is 382 g/mol. The molecule has 7 heteroatoms. The van der Waals surface area contributed by atoms with Gasteiger partial charge in [0.1, 0.15) is 5.82 Å². The molecule has 0 saturated carbocycles. The van der Waals surface area contributed by atoms with Crippen LogP contribution in [0.25, 0.3) is 11.4 Å². The average Bonchev–Trinajstić information content (AvgIpc) is 2.40. The van der Waals surface area contributed by atoms with E-state index in [2.05, 4.69) is 9.97 Å². The maximum atomic E-state index is 13.3. The summed E-state index contributed by atoms with van der Waals surface area (Å²) in [7, 11) is 0. The fraction of sp³-hybridized carbons (Fsp3) is 0.231. The van der Waals surface area contributed by atoms with E-state index in [1.54, 1.807) is 0 Å². The second-order valence-corrected chi connectivity index (χ2v) is 5.28. The molecule has 106 valence electrons. The highest BCUT2D eigenvalue weighted by atomic mass is 127. The van der Waals surface area contributed by atoms with Crippen molar-refractivity contribution in [2.24, 2.45) is 0 Å². The Balaban J connectivity index is 2.58. The lowest BCUT2D eigenvalue weighted by Gasteiger charge is -2.09. The first-order valence-electron chi connectivity index (χ1n) is 5.90. The van der Waals surface area contributed by atoms with Crippen LogP contribution in [0.4, 0.5) is 19.0 Å². The van der Waals surface area contributed by atoms with Gasteiger partial charge in [0.2, 0.25) is 0 Å². The smallest absolute Gasteiger partial charge is 0.194 e. The number of hydrogen-bond donors (Lipinski definition) is 1. The molecule has 3 nitrogen and oxygen atoms in total. The zero-order valence-corrected chi connectivity index (χ0v) is 12.7. The fourth-order valence-corrected chi connectivity index (χ4v) is 2.24. The number of rotatable bonds is 3. The predicted molar refractivity (Wildman–Crippen MR) is 78.5 cm³/mol. The van der Waals surface area contributed by atoms with Gasteiger partial charge >= 0.3 is 0 Å². The van der Waals surface area contributed by atoms with Crippen LogP contribution in [-0.4, -0.2) is 9.97 Å². The van der Waals surface area contributed by atoms with E-state index in [9.17, 15) is 13.2 Å². The predicted octanol–water partition coefficient (Wildman–Crippen LogP) is 3.70. The summed E-state index contributed by atoms with van der Waals surface area (Å²) in [5, 5.41) is 0. The van der Waals surface area contributed by atoms with Crippen molar-refractivity contribution >= 4 is 28.4 Å². The molecule has 1 aromatic carbocycles. The summed E-state index contributed by atoms with van der Waals surface area (Å²) in [4.78, 5) is 8.25. The molecule has 0 bridgehead atoms. The molecule has 0 unspecified atom stereocenters. The number of nitrogens with two attached hydrogens (primary N) is 1. The molecule has 2 aromatic rings. The number of benzene rings is 1. The van der Waals surface area contributed by atoms with Gasteiger partial charge in [-0.2, -0.15) is 0 Å². The summed E-state index contributed by atoms with van der Waals surface area (Å²) >= 11 is 2.02. The first-order chi connectivity index (χ1) is 9.43. The highest BCUT2D eigenvalue weighted by Crippen LogP contribution is 2.25. The van der Waals surface area contributed by atoms with Crippen LogP contribution in [0, 0.1) is 21.0 Å². The average molecular weight is 393 g/mol. The lowest BCUT2D eigenvalue weighted by atomic mass is 10.1. The minimum atomic E-state index is -1.51. The molecule has 0 atom stereocenters. The van der Waals surface area contributed by atoms with Crippen molar-refractivity contribution in [1.29, 1.82) is 0 Å². The van der Waals surface area contributed by atoms with E-state index in [0.29, 0.717) is 12.1 Å². The Morgan fingerprint density at radius 3 is 2.30 bits per heavy atom. The van der Waals surface area contributed by atoms with E-state index in [-0.39, 0.29) is 17.2 Å². The molecule has 0 amide bonds. The zero-order valence-electron chi connectivity index (χ0n) is 10.6. The molecule has 20 heavy (non-hydrogen) atoms. The number of nitrogen functional groups attached to an aromatic ring is 1. The van der Waals surface area contributed by atoms with Gasteiger partial charge in [-0.3, -0.25) is 0 Å². The molecule has 1 heterocycles. The molecule has 1 aromatic heterocycles. The Bertz CT molecular complexity index is 639. The maximum absolute atomic E-state index is 13.3. The molecule has 0 aliphatic heterocycles. The topological polar surface area (TPSA) is 51.8 Å². The number of aromatic nitrogens is 2. The molecule has 0 aliphatic rings. The third-order valence-corrected chi connectivity index (χ3v) is 3.85. The van der Waals surface area contributed by atoms with Gasteiger partial charge in [0.15, 0.2) is 23.3 Å². The maximum Gasteiger partial charge on any atom is 0.194 e. The van der Waals surface area contributed by atoms with E-state index < -0.39 is 17.5 Å². The van der Waals surface area contributed by atoms with Gasteiger partial charge in [-0.1, -0.05) is 13.3 Å². The quantitative estimate of drug-likeness (QED) is 0.639. The lowest BCUT2D eigenvalue weighted by molar-refractivity contribution is 0.447. The monoisotopic (exact) mass is 393 g/mol. The third kappa shape index (κ3) is 2.87. The van der Waals surface area contributed by atoms with Crippen molar-refractivity contribution in [1.82, 2.24) is 9.97 Å². The molecule has 0 saturated heterocycles. The Labute approximate surface area is 127 Å². The SMILES string of the molecule is CCCc1nc(-c2cc(F)c(F)c(F)c2)nc(N)c1I. The largest absolute Gasteiger partial charge is 0.383 e. The van der Waals surface area contributed by atoms with Crippen LogP contribution >= 0.6 is 22.6 Å². The van der Waals surface area contributed by atoms with Crippen LogP contribution in [0.2, 0.25) is 0 Å². The number of nitrogens with zero attached hydrogens (tertiary/aromatic N) is 2. The van der Waals surface area contributed by atoms with Gasteiger partial charge in [0, 0.05) is 5.56 Å². The van der Waals surface area contributed by atoms with Crippen molar-refractivity contribution in [3.8, 4) is 11.4 Å². The minimum Gasteiger partial charge on any atom is -0.383 e. The Morgan fingerprint density at radius 2 is 1.75 bits per heavy atom. The minimum absolute atomic E-state index is 0.0573. The molecule has 0 fully saturated rings. The van der Waals surface area contributed by atoms with Crippen LogP contribution in [0.5, 0.6) is 0 Å². The normalized spacial score (nSPS) is 10.8. The molecular formula is C13H11F3IN3. The van der Waals surface area contributed by atoms with Gasteiger partial charge in [-0.05, 0) is 41.1 Å². The molecule has 0 aliphatic carbocycles. The highest BCUT2D eigenvalue weighted by molar-refractivity contribution is 14.1. The summed E-state index contributed by atoms with van der Waals surface area (Å²) in [5.74, 6) is -3.75. The van der Waals surface area contributed by atoms with E-state index in [4.69, 9.17) is 5.73 Å². The first kappa shape index (κ1) is 15.0. The molecule has 2 rings (SSSR count). The van der Waals surface area contributed by atoms with E-state index in [1.807, 2.05) is 29.5 Å². The van der Waals surface area contributed by atoms with Crippen molar-refractivity contribution < 1.29 is 13.2 Å². The summed E-state index contributed by atoms with van der Waals surface area (Å²) < 4.78 is 40.2. The number of aryl methyl sites for hydroxylation is 1. The number of halogens is 4. The number of anilines is 1. The van der Waals surface area contributed by atoms with Crippen LogP contribution < -0.4 is 5.73 Å². The standard InChI is InChI=1S/C13H11F3IN3/c1-2-3-9-11(17)12(18)20-13(19-9)6-4-7(14)10(16)8(15)5-6/h4-5H,2-3H2,1H3,(H2,18,19,20). The van der Waals surface area contributed by atoms with Crippen LogP contribution in [0.3, 0.4) is 0 Å². The summed E-state index contributed by atoms with van der Waals surface area (Å²) in [6.45, 7) is 1.98. The van der Waals surface area contributed by atoms with Gasteiger partial charge in [0.25, 0.3) is 0 Å². The third-order valence-electron chi connectivity index (χ3n) is 2.67. The summed E-state index contributed by atoms with van der Waals surface area (Å²) in [6.07, 6.45) is 1.52. The highest BCUT2D eigenvalue weighted by Gasteiger charge is 2.16.